The largest absolute Gasteiger partial charge is 0.306 e. The Labute approximate surface area is 211 Å². The van der Waals surface area contributed by atoms with Crippen LogP contribution in [0.25, 0.3) is 21.5 Å². The molecule has 5 rings (SSSR count). The topological polar surface area (TPSA) is 63.7 Å². The summed E-state index contributed by atoms with van der Waals surface area (Å²) in [6, 6.07) is 33.3. The fourth-order valence-electron chi connectivity index (χ4n) is 4.08. The summed E-state index contributed by atoms with van der Waals surface area (Å²) in [7, 11) is -3.86. The van der Waals surface area contributed by atoms with Crippen molar-refractivity contribution < 1.29 is 15.7 Å². The van der Waals surface area contributed by atoms with E-state index < -0.39 is 10.1 Å². The Balaban J connectivity index is 1.73. The normalized spacial score (nSPS) is 11.6. The predicted molar refractivity (Wildman–Crippen MR) is 143 cm³/mol. The molecule has 0 saturated heterocycles. The highest BCUT2D eigenvalue weighted by atomic mass is 127. The second kappa shape index (κ2) is 9.17. The minimum Gasteiger partial charge on any atom is -0.276 e. The molecule has 5 aromatic rings. The fourth-order valence-corrected chi connectivity index (χ4v) is 5.25. The third-order valence-electron chi connectivity index (χ3n) is 5.69. The van der Waals surface area contributed by atoms with Crippen molar-refractivity contribution in [1.82, 2.24) is 0 Å². The van der Waals surface area contributed by atoms with E-state index in [0.717, 1.165) is 32.9 Å². The quantitative estimate of drug-likeness (QED) is 0.210. The molecule has 0 radical (unpaired) electrons. The minimum absolute atomic E-state index is 0.0136. The molecule has 0 unspecified atom stereocenters. The van der Waals surface area contributed by atoms with Crippen LogP contribution < -0.4 is 4.90 Å². The van der Waals surface area contributed by atoms with E-state index in [0.29, 0.717) is 5.56 Å². The number of carbonyl (C=O) groups excluding carboxylic acids is 1. The average molecular weight is 579 g/mol. The van der Waals surface area contributed by atoms with Crippen molar-refractivity contribution in [3.63, 3.8) is 0 Å². The van der Waals surface area contributed by atoms with E-state index in [1.54, 1.807) is 4.90 Å². The minimum atomic E-state index is -3.86. The molecule has 0 aliphatic heterocycles. The van der Waals surface area contributed by atoms with Crippen LogP contribution in [0.5, 0.6) is 0 Å². The van der Waals surface area contributed by atoms with E-state index >= 15 is 0 Å². The van der Waals surface area contributed by atoms with Crippen LogP contribution in [0.15, 0.2) is 114 Å². The van der Waals surface area contributed by atoms with Crippen LogP contribution in [0.3, 0.4) is 0 Å². The number of halogens is 1. The summed E-state index contributed by atoms with van der Waals surface area (Å²) >= 11 is 1.33. The lowest BCUT2D eigenvalue weighted by atomic mass is 10.0. The maximum Gasteiger partial charge on any atom is 0.306 e. The molecule has 0 spiro atoms. The Bertz CT molecular complexity index is 1540. The molecule has 0 heterocycles. The highest BCUT2D eigenvalue weighted by molar-refractivity contribution is 14.1. The first-order valence-corrected chi connectivity index (χ1v) is 12.7. The Hall–Kier alpha value is -3.27. The second-order valence-corrected chi connectivity index (χ2v) is 10.3. The van der Waals surface area contributed by atoms with Gasteiger partial charge in [0.05, 0.1) is 16.3 Å². The molecule has 7 heteroatoms. The van der Waals surface area contributed by atoms with Gasteiger partial charge >= 0.3 is 10.1 Å². The molecule has 168 valence electrons. The van der Waals surface area contributed by atoms with Crippen molar-refractivity contribution in [3.05, 3.63) is 115 Å². The Kier molecular flexibility index (Phi) is 6.07. The molecule has 1 amide bonds. The van der Waals surface area contributed by atoms with Crippen LogP contribution in [-0.4, -0.2) is 14.3 Å². The van der Waals surface area contributed by atoms with Crippen LogP contribution in [0, 0.1) is 0 Å². The van der Waals surface area contributed by atoms with Gasteiger partial charge in [0.1, 0.15) is 23.0 Å². The highest BCUT2D eigenvalue weighted by Gasteiger charge is 2.24. The summed E-state index contributed by atoms with van der Waals surface area (Å²) in [5.41, 5.74) is 1.84. The Morgan fingerprint density at radius 1 is 0.647 bits per heavy atom. The van der Waals surface area contributed by atoms with Gasteiger partial charge in [0.15, 0.2) is 0 Å². The first kappa shape index (κ1) is 22.5. The molecule has 0 aliphatic rings. The number of anilines is 2. The zero-order chi connectivity index (χ0) is 23.7. The van der Waals surface area contributed by atoms with Gasteiger partial charge in [-0.25, -0.2) is 0 Å². The predicted octanol–water partition coefficient (Wildman–Crippen LogP) is 7.03. The zero-order valence-corrected chi connectivity index (χ0v) is 20.7. The van der Waals surface area contributed by atoms with Gasteiger partial charge in [-0.2, -0.15) is 10.9 Å². The van der Waals surface area contributed by atoms with Gasteiger partial charge in [-0.15, -0.1) is 0 Å². The maximum atomic E-state index is 14.0. The molecule has 0 bridgehead atoms. The third-order valence-corrected chi connectivity index (χ3v) is 8.13. The number of hydrogen-bond acceptors (Lipinski definition) is 4. The fraction of sp³-hybridized carbons (Fsp3) is 0. The maximum absolute atomic E-state index is 14.0. The molecule has 0 fully saturated rings. The molecular weight excluding hydrogens is 561 g/mol. The van der Waals surface area contributed by atoms with Crippen LogP contribution in [0.1, 0.15) is 10.4 Å². The van der Waals surface area contributed by atoms with E-state index in [1.807, 2.05) is 84.9 Å². The van der Waals surface area contributed by atoms with Crippen molar-refractivity contribution in [3.8, 4) is 0 Å². The smallest absolute Gasteiger partial charge is 0.276 e. The van der Waals surface area contributed by atoms with E-state index in [2.05, 4.69) is 2.51 Å². The highest BCUT2D eigenvalue weighted by Crippen LogP contribution is 2.37. The number of hydrogen-bond donors (Lipinski definition) is 0. The number of benzene rings is 5. The van der Waals surface area contributed by atoms with Crippen molar-refractivity contribution in [1.29, 1.82) is 0 Å². The van der Waals surface area contributed by atoms with Gasteiger partial charge in [0, 0.05) is 16.3 Å². The molecule has 0 aromatic heterocycles. The van der Waals surface area contributed by atoms with Crippen LogP contribution >= 0.6 is 23.0 Å². The summed E-state index contributed by atoms with van der Waals surface area (Å²) in [4.78, 5) is 15.7. The number of nitrogens with zero attached hydrogens (tertiary/aromatic N) is 1. The first-order valence-electron chi connectivity index (χ1n) is 10.4. The van der Waals surface area contributed by atoms with Crippen molar-refractivity contribution in [2.75, 3.05) is 4.90 Å². The standard InChI is InChI=1S/C27H18INO4S/c28-33-34(31,32)22-17-15-21(16-18-22)27(30)29(25-13-5-9-19-7-1-3-11-23(19)25)26-14-6-10-20-8-2-4-12-24(20)26/h1-18H. The van der Waals surface area contributed by atoms with Crippen LogP contribution in [0.2, 0.25) is 0 Å². The number of fused-ring (bicyclic) bond motifs is 2. The SMILES string of the molecule is O=C(c1ccc(S(=O)(=O)OI)cc1)N(c1cccc2ccccc12)c1cccc2ccccc12. The molecule has 0 N–H and O–H groups in total. The summed E-state index contributed by atoms with van der Waals surface area (Å²) < 4.78 is 28.6. The summed E-state index contributed by atoms with van der Waals surface area (Å²) in [6.07, 6.45) is 0. The molecule has 5 aromatic carbocycles. The molecule has 5 nitrogen and oxygen atoms in total. The lowest BCUT2D eigenvalue weighted by Gasteiger charge is -2.26. The van der Waals surface area contributed by atoms with Gasteiger partial charge in [-0.1, -0.05) is 72.8 Å². The van der Waals surface area contributed by atoms with E-state index in [-0.39, 0.29) is 10.8 Å². The molecule has 0 atom stereocenters. The van der Waals surface area contributed by atoms with Gasteiger partial charge < -0.3 is 0 Å². The molecule has 0 aliphatic carbocycles. The van der Waals surface area contributed by atoms with E-state index in [9.17, 15) is 13.2 Å². The van der Waals surface area contributed by atoms with Gasteiger partial charge in [-0.05, 0) is 47.2 Å². The van der Waals surface area contributed by atoms with Crippen molar-refractivity contribution in [2.45, 2.75) is 4.90 Å². The second-order valence-electron chi connectivity index (χ2n) is 7.68. The lowest BCUT2D eigenvalue weighted by Crippen LogP contribution is -2.26. The third kappa shape index (κ3) is 4.06. The zero-order valence-electron chi connectivity index (χ0n) is 17.8. The van der Waals surface area contributed by atoms with Crippen molar-refractivity contribution in [2.24, 2.45) is 0 Å². The van der Waals surface area contributed by atoms with Crippen LogP contribution in [0.4, 0.5) is 11.4 Å². The summed E-state index contributed by atoms with van der Waals surface area (Å²) in [5.74, 6) is -0.271. The molecule has 34 heavy (non-hydrogen) atoms. The van der Waals surface area contributed by atoms with Gasteiger partial charge in [0.25, 0.3) is 5.91 Å². The van der Waals surface area contributed by atoms with Crippen LogP contribution in [-0.2, 0) is 12.6 Å². The van der Waals surface area contributed by atoms with Gasteiger partial charge in [-0.3, -0.25) is 9.69 Å². The van der Waals surface area contributed by atoms with Crippen molar-refractivity contribution >= 4 is 72.0 Å². The Morgan fingerprint density at radius 3 is 1.62 bits per heavy atom. The first-order chi connectivity index (χ1) is 16.5. The molecular formula is C27H18INO4S. The lowest BCUT2D eigenvalue weighted by molar-refractivity contribution is 0.0999. The number of carbonyl (C=O) groups is 1. The Morgan fingerprint density at radius 2 is 1.12 bits per heavy atom. The van der Waals surface area contributed by atoms with E-state index in [1.165, 1.54) is 47.3 Å². The molecule has 0 saturated carbocycles. The van der Waals surface area contributed by atoms with Gasteiger partial charge in [0.2, 0.25) is 0 Å². The number of amides is 1. The summed E-state index contributed by atoms with van der Waals surface area (Å²) in [5, 5.41) is 3.89. The summed E-state index contributed by atoms with van der Waals surface area (Å²) in [6.45, 7) is 0. The van der Waals surface area contributed by atoms with E-state index in [4.69, 9.17) is 0 Å². The number of rotatable bonds is 5. The average Bonchev–Trinajstić information content (AvgIpc) is 2.89. The monoisotopic (exact) mass is 579 g/mol.